The highest BCUT2D eigenvalue weighted by atomic mass is 16.3. The van der Waals surface area contributed by atoms with E-state index < -0.39 is 6.17 Å². The van der Waals surface area contributed by atoms with Gasteiger partial charge in [-0.2, -0.15) is 0 Å². The van der Waals surface area contributed by atoms with Gasteiger partial charge in [0.1, 0.15) is 29.1 Å². The SMILES string of the molecule is C1=C(c2ccc3c4c(cccc24)-c2ccccc2-3)c2oc3ccccc3c2C(C2=NC(c3ccc(-c4ccccc4)cc3)N=C(c3ccccc3)N2)N1. The zero-order valence-electron chi connectivity index (χ0n) is 28.6. The highest BCUT2D eigenvalue weighted by Crippen LogP contribution is 2.50. The molecule has 0 amide bonds. The predicted octanol–water partition coefficient (Wildman–Crippen LogP) is 11.1. The van der Waals surface area contributed by atoms with Crippen molar-refractivity contribution in [3.05, 3.63) is 198 Å². The van der Waals surface area contributed by atoms with Gasteiger partial charge in [0.05, 0.1) is 0 Å². The van der Waals surface area contributed by atoms with Crippen LogP contribution in [0.4, 0.5) is 0 Å². The number of nitrogens with one attached hydrogen (secondary N) is 2. The molecule has 0 bridgehead atoms. The minimum absolute atomic E-state index is 0.307. The first kappa shape index (κ1) is 29.7. The number of aliphatic imine (C=N–C) groups is 2. The quantitative estimate of drug-likeness (QED) is 0.190. The third kappa shape index (κ3) is 4.71. The van der Waals surface area contributed by atoms with Crippen LogP contribution >= 0.6 is 0 Å². The lowest BCUT2D eigenvalue weighted by molar-refractivity contribution is 0.580. The Morgan fingerprint density at radius 1 is 0.491 bits per heavy atom. The van der Waals surface area contributed by atoms with Crippen LogP contribution in [0.15, 0.2) is 184 Å². The average molecular weight is 681 g/mol. The zero-order valence-corrected chi connectivity index (χ0v) is 28.6. The number of rotatable bonds is 5. The first-order chi connectivity index (χ1) is 26.3. The van der Waals surface area contributed by atoms with Gasteiger partial charge in [0.15, 0.2) is 6.17 Å². The van der Waals surface area contributed by atoms with Gasteiger partial charge in [-0.05, 0) is 61.3 Å². The Morgan fingerprint density at radius 3 is 1.91 bits per heavy atom. The summed E-state index contributed by atoms with van der Waals surface area (Å²) in [6, 6.07) is 57.2. The van der Waals surface area contributed by atoms with Crippen molar-refractivity contribution < 1.29 is 4.42 Å². The van der Waals surface area contributed by atoms with Crippen molar-refractivity contribution in [2.45, 2.75) is 12.2 Å². The maximum Gasteiger partial charge on any atom is 0.169 e. The van der Waals surface area contributed by atoms with Gasteiger partial charge in [-0.1, -0.05) is 158 Å². The third-order valence-corrected chi connectivity index (χ3v) is 10.8. The summed E-state index contributed by atoms with van der Waals surface area (Å²) in [6.45, 7) is 0. The standard InChI is InChI=1S/C48H32N4O/c1-3-12-29(13-4-1)30-22-24-32(25-23-30)47-50-46(31-14-5-2-6-15-31)51-48(52-47)44-43-39-18-9-10-21-41(39)53-45(43)40(28-49-44)35-26-27-38-34-17-8-7-16-33(34)36-19-11-20-37(35)42(36)38/h1-28,44,47,49H,(H,50,51,52). The number of furan rings is 1. The molecule has 7 aromatic carbocycles. The summed E-state index contributed by atoms with van der Waals surface area (Å²) in [7, 11) is 0. The molecule has 11 rings (SSSR count). The van der Waals surface area contributed by atoms with E-state index in [-0.39, 0.29) is 6.04 Å². The third-order valence-electron chi connectivity index (χ3n) is 10.8. The molecule has 5 nitrogen and oxygen atoms in total. The molecule has 2 aliphatic heterocycles. The summed E-state index contributed by atoms with van der Waals surface area (Å²) in [6.07, 6.45) is 1.68. The number of nitrogens with zero attached hydrogens (tertiary/aromatic N) is 2. The van der Waals surface area contributed by atoms with E-state index in [4.69, 9.17) is 14.4 Å². The van der Waals surface area contributed by atoms with E-state index in [9.17, 15) is 0 Å². The second-order valence-corrected chi connectivity index (χ2v) is 13.8. The Balaban J connectivity index is 1.04. The summed E-state index contributed by atoms with van der Waals surface area (Å²) >= 11 is 0. The van der Waals surface area contributed by atoms with Gasteiger partial charge in [0.2, 0.25) is 0 Å². The van der Waals surface area contributed by atoms with Crippen molar-refractivity contribution in [1.29, 1.82) is 0 Å². The Morgan fingerprint density at radius 2 is 1.11 bits per heavy atom. The predicted molar refractivity (Wildman–Crippen MR) is 216 cm³/mol. The fourth-order valence-corrected chi connectivity index (χ4v) is 8.31. The van der Waals surface area contributed by atoms with Crippen LogP contribution in [0.5, 0.6) is 0 Å². The highest BCUT2D eigenvalue weighted by molar-refractivity contribution is 6.19. The molecule has 0 fully saturated rings. The van der Waals surface area contributed by atoms with Gasteiger partial charge in [0.25, 0.3) is 0 Å². The van der Waals surface area contributed by atoms with Gasteiger partial charge >= 0.3 is 0 Å². The van der Waals surface area contributed by atoms with Crippen LogP contribution in [0.1, 0.15) is 40.2 Å². The molecule has 3 heterocycles. The second kappa shape index (κ2) is 11.8. The molecule has 0 spiro atoms. The molecule has 3 aliphatic rings. The van der Waals surface area contributed by atoms with Gasteiger partial charge in [0, 0.05) is 28.3 Å². The summed E-state index contributed by atoms with van der Waals surface area (Å²) in [5, 5.41) is 11.0. The van der Waals surface area contributed by atoms with Crippen molar-refractivity contribution in [3.8, 4) is 33.4 Å². The molecule has 5 heteroatoms. The summed E-state index contributed by atoms with van der Waals surface area (Å²) in [5.74, 6) is 2.42. The van der Waals surface area contributed by atoms with E-state index >= 15 is 0 Å². The minimum atomic E-state index is -0.432. The molecule has 0 radical (unpaired) electrons. The number of hydrogen-bond acceptors (Lipinski definition) is 5. The second-order valence-electron chi connectivity index (χ2n) is 13.8. The van der Waals surface area contributed by atoms with E-state index in [0.717, 1.165) is 61.8 Å². The number of fused-ring (bicyclic) bond motifs is 6. The van der Waals surface area contributed by atoms with Crippen LogP contribution in [0, 0.1) is 0 Å². The number of benzene rings is 7. The van der Waals surface area contributed by atoms with Crippen LogP contribution in [-0.2, 0) is 0 Å². The van der Waals surface area contributed by atoms with Crippen LogP contribution < -0.4 is 10.6 Å². The fraction of sp³-hybridized carbons (Fsp3) is 0.0417. The molecule has 53 heavy (non-hydrogen) atoms. The topological polar surface area (TPSA) is 61.9 Å². The largest absolute Gasteiger partial charge is 0.456 e. The Labute approximate surface area is 306 Å². The monoisotopic (exact) mass is 680 g/mol. The van der Waals surface area contributed by atoms with E-state index in [1.165, 1.54) is 38.6 Å². The van der Waals surface area contributed by atoms with Crippen LogP contribution in [-0.4, -0.2) is 11.7 Å². The van der Waals surface area contributed by atoms with Crippen LogP contribution in [0.3, 0.4) is 0 Å². The lowest BCUT2D eigenvalue weighted by atomic mass is 9.88. The normalized spacial score (nSPS) is 16.9. The highest BCUT2D eigenvalue weighted by Gasteiger charge is 2.35. The van der Waals surface area contributed by atoms with Crippen molar-refractivity contribution in [3.63, 3.8) is 0 Å². The maximum absolute atomic E-state index is 6.82. The molecule has 0 saturated heterocycles. The first-order valence-corrected chi connectivity index (χ1v) is 18.1. The molecule has 0 saturated carbocycles. The lowest BCUT2D eigenvalue weighted by Gasteiger charge is -2.30. The molecule has 1 aromatic heterocycles. The van der Waals surface area contributed by atoms with Gasteiger partial charge in [-0.15, -0.1) is 0 Å². The first-order valence-electron chi connectivity index (χ1n) is 18.1. The number of para-hydroxylation sites is 1. The maximum atomic E-state index is 6.82. The summed E-state index contributed by atoms with van der Waals surface area (Å²) < 4.78 is 6.82. The lowest BCUT2D eigenvalue weighted by Crippen LogP contribution is -2.43. The van der Waals surface area contributed by atoms with Crippen molar-refractivity contribution in [1.82, 2.24) is 10.6 Å². The number of amidine groups is 2. The van der Waals surface area contributed by atoms with Crippen molar-refractivity contribution in [2.24, 2.45) is 9.98 Å². The van der Waals surface area contributed by atoms with E-state index in [0.29, 0.717) is 0 Å². The summed E-state index contributed by atoms with van der Waals surface area (Å²) in [5.41, 5.74) is 13.5. The number of hydrogen-bond donors (Lipinski definition) is 2. The van der Waals surface area contributed by atoms with E-state index in [2.05, 4.69) is 150 Å². The molecular weight excluding hydrogens is 649 g/mol. The van der Waals surface area contributed by atoms with E-state index in [1.807, 2.05) is 30.3 Å². The smallest absolute Gasteiger partial charge is 0.169 e. The van der Waals surface area contributed by atoms with Crippen molar-refractivity contribution >= 4 is 39.0 Å². The van der Waals surface area contributed by atoms with Gasteiger partial charge in [-0.25, -0.2) is 9.98 Å². The van der Waals surface area contributed by atoms with Crippen LogP contribution in [0.25, 0.3) is 60.7 Å². The Bertz CT molecular complexity index is 2800. The average Bonchev–Trinajstić information content (AvgIpc) is 3.79. The Hall–Kier alpha value is -6.98. The molecule has 2 atom stereocenters. The molecular formula is C48H32N4O. The molecule has 2 unspecified atom stereocenters. The summed E-state index contributed by atoms with van der Waals surface area (Å²) in [4.78, 5) is 10.5. The molecule has 2 N–H and O–H groups in total. The van der Waals surface area contributed by atoms with Crippen molar-refractivity contribution in [2.75, 3.05) is 0 Å². The van der Waals surface area contributed by atoms with E-state index in [1.54, 1.807) is 0 Å². The fourth-order valence-electron chi connectivity index (χ4n) is 8.31. The molecule has 1 aliphatic carbocycles. The van der Waals surface area contributed by atoms with Gasteiger partial charge < -0.3 is 15.1 Å². The molecule has 250 valence electrons. The molecule has 8 aromatic rings. The van der Waals surface area contributed by atoms with Crippen LogP contribution in [0.2, 0.25) is 0 Å². The van der Waals surface area contributed by atoms with Gasteiger partial charge in [-0.3, -0.25) is 0 Å². The minimum Gasteiger partial charge on any atom is -0.456 e. The zero-order chi connectivity index (χ0) is 34.9. The Kier molecular flexibility index (Phi) is 6.61.